The van der Waals surface area contributed by atoms with E-state index in [1.165, 1.54) is 36.8 Å². The summed E-state index contributed by atoms with van der Waals surface area (Å²) < 4.78 is 0. The quantitative estimate of drug-likeness (QED) is 0.877. The number of benzene rings is 1. The van der Waals surface area contributed by atoms with Gasteiger partial charge < -0.3 is 5.32 Å². The van der Waals surface area contributed by atoms with Crippen LogP contribution < -0.4 is 5.32 Å². The third-order valence-corrected chi connectivity index (χ3v) is 4.90. The summed E-state index contributed by atoms with van der Waals surface area (Å²) in [6.45, 7) is 8.07. The van der Waals surface area contributed by atoms with E-state index in [0.29, 0.717) is 0 Å². The van der Waals surface area contributed by atoms with Gasteiger partial charge in [-0.2, -0.15) is 0 Å². The zero-order valence-electron chi connectivity index (χ0n) is 12.3. The van der Waals surface area contributed by atoms with Crippen LogP contribution in [0.15, 0.2) is 18.2 Å². The third kappa shape index (κ3) is 2.85. The lowest BCUT2D eigenvalue weighted by molar-refractivity contribution is 0.0952. The van der Waals surface area contributed by atoms with Crippen molar-refractivity contribution in [3.8, 4) is 0 Å². The Morgan fingerprint density at radius 2 is 1.95 bits per heavy atom. The van der Waals surface area contributed by atoms with Gasteiger partial charge in [-0.05, 0) is 56.3 Å². The Labute approximate surface area is 117 Å². The van der Waals surface area contributed by atoms with Crippen LogP contribution in [0.3, 0.4) is 0 Å². The van der Waals surface area contributed by atoms with Gasteiger partial charge in [0.2, 0.25) is 0 Å². The van der Waals surface area contributed by atoms with Crippen molar-refractivity contribution in [1.29, 1.82) is 0 Å². The molecule has 2 atom stereocenters. The summed E-state index contributed by atoms with van der Waals surface area (Å²) in [6.07, 6.45) is 5.30. The number of nitrogens with zero attached hydrogens (tertiary/aromatic N) is 1. The van der Waals surface area contributed by atoms with E-state index in [1.807, 2.05) is 0 Å². The van der Waals surface area contributed by atoms with Crippen LogP contribution in [0, 0.1) is 0 Å². The fourth-order valence-corrected chi connectivity index (χ4v) is 3.63. The Morgan fingerprint density at radius 3 is 2.74 bits per heavy atom. The largest absolute Gasteiger partial charge is 0.312 e. The Hall–Kier alpha value is -0.860. The van der Waals surface area contributed by atoms with Gasteiger partial charge in [-0.15, -0.1) is 0 Å². The van der Waals surface area contributed by atoms with Crippen molar-refractivity contribution in [1.82, 2.24) is 10.2 Å². The van der Waals surface area contributed by atoms with Gasteiger partial charge in [-0.25, -0.2) is 0 Å². The van der Waals surface area contributed by atoms with Crippen LogP contribution >= 0.6 is 0 Å². The van der Waals surface area contributed by atoms with Crippen LogP contribution in [0.5, 0.6) is 0 Å². The summed E-state index contributed by atoms with van der Waals surface area (Å²) in [6, 6.07) is 8.59. The van der Waals surface area contributed by atoms with Crippen molar-refractivity contribution < 1.29 is 0 Å². The second-order valence-electron chi connectivity index (χ2n) is 6.33. The van der Waals surface area contributed by atoms with Gasteiger partial charge in [-0.3, -0.25) is 4.90 Å². The lowest BCUT2D eigenvalue weighted by Gasteiger charge is -2.39. The van der Waals surface area contributed by atoms with E-state index in [1.54, 1.807) is 5.56 Å². The minimum Gasteiger partial charge on any atom is -0.312 e. The Bertz CT molecular complexity index is 431. The predicted octanol–water partition coefficient (Wildman–Crippen LogP) is 3.10. The Morgan fingerprint density at radius 1 is 1.16 bits per heavy atom. The van der Waals surface area contributed by atoms with Gasteiger partial charge in [0, 0.05) is 25.2 Å². The maximum atomic E-state index is 3.48. The maximum absolute atomic E-state index is 3.48. The van der Waals surface area contributed by atoms with Gasteiger partial charge in [0.25, 0.3) is 0 Å². The molecule has 1 aromatic carbocycles. The highest BCUT2D eigenvalue weighted by molar-refractivity contribution is 5.33. The van der Waals surface area contributed by atoms with Crippen molar-refractivity contribution in [2.75, 3.05) is 6.54 Å². The third-order valence-electron chi connectivity index (χ3n) is 4.90. The second kappa shape index (κ2) is 5.64. The standard InChI is InChI=1S/C17H26N2/c1-13-4-3-5-14(2)19(13)12-15-6-7-16-8-9-18-11-17(16)10-15/h6-7,10,13-14,18H,3-5,8-9,11-12H2,1-2H3/t13-,14+. The Kier molecular flexibility index (Phi) is 3.90. The molecule has 104 valence electrons. The van der Waals surface area contributed by atoms with Crippen molar-refractivity contribution in [3.05, 3.63) is 34.9 Å². The zero-order chi connectivity index (χ0) is 13.2. The zero-order valence-corrected chi connectivity index (χ0v) is 12.3. The van der Waals surface area contributed by atoms with Gasteiger partial charge in [0.1, 0.15) is 0 Å². The summed E-state index contributed by atoms with van der Waals surface area (Å²) in [5, 5.41) is 3.48. The molecule has 2 aliphatic rings. The molecule has 0 unspecified atom stereocenters. The number of likely N-dealkylation sites (tertiary alicyclic amines) is 1. The normalized spacial score (nSPS) is 28.1. The average Bonchev–Trinajstić information content (AvgIpc) is 2.43. The molecule has 2 heteroatoms. The first-order valence-electron chi connectivity index (χ1n) is 7.81. The Balaban J connectivity index is 1.75. The maximum Gasteiger partial charge on any atom is 0.0239 e. The van der Waals surface area contributed by atoms with Crippen LogP contribution in [0.4, 0.5) is 0 Å². The molecule has 1 fully saturated rings. The fourth-order valence-electron chi connectivity index (χ4n) is 3.63. The van der Waals surface area contributed by atoms with Gasteiger partial charge in [0.05, 0.1) is 0 Å². The van der Waals surface area contributed by atoms with E-state index in [4.69, 9.17) is 0 Å². The van der Waals surface area contributed by atoms with Crippen molar-refractivity contribution >= 4 is 0 Å². The lowest BCUT2D eigenvalue weighted by atomic mass is 9.95. The molecule has 1 saturated heterocycles. The number of hydrogen-bond acceptors (Lipinski definition) is 2. The number of fused-ring (bicyclic) bond motifs is 1. The van der Waals surface area contributed by atoms with E-state index < -0.39 is 0 Å². The van der Waals surface area contributed by atoms with Crippen molar-refractivity contribution in [3.63, 3.8) is 0 Å². The van der Waals surface area contributed by atoms with Crippen LogP contribution in [0.2, 0.25) is 0 Å². The molecule has 1 aromatic rings. The topological polar surface area (TPSA) is 15.3 Å². The number of nitrogens with one attached hydrogen (secondary N) is 1. The monoisotopic (exact) mass is 258 g/mol. The first-order chi connectivity index (χ1) is 9.24. The molecule has 0 saturated carbocycles. The second-order valence-corrected chi connectivity index (χ2v) is 6.33. The number of hydrogen-bond donors (Lipinski definition) is 1. The molecule has 0 amide bonds. The summed E-state index contributed by atoms with van der Waals surface area (Å²) in [4.78, 5) is 2.68. The molecule has 3 rings (SSSR count). The van der Waals surface area contributed by atoms with Crippen LogP contribution in [0.1, 0.15) is 49.8 Å². The molecule has 2 aliphatic heterocycles. The summed E-state index contributed by atoms with van der Waals surface area (Å²) in [7, 11) is 0. The van der Waals surface area contributed by atoms with Gasteiger partial charge in [-0.1, -0.05) is 24.6 Å². The molecule has 0 bridgehead atoms. The molecular formula is C17H26N2. The van der Waals surface area contributed by atoms with Gasteiger partial charge in [0.15, 0.2) is 0 Å². The van der Waals surface area contributed by atoms with Crippen LogP contribution in [0.25, 0.3) is 0 Å². The van der Waals surface area contributed by atoms with Crippen molar-refractivity contribution in [2.45, 2.75) is 64.7 Å². The average molecular weight is 258 g/mol. The van der Waals surface area contributed by atoms with E-state index in [9.17, 15) is 0 Å². The van der Waals surface area contributed by atoms with Crippen LogP contribution in [-0.2, 0) is 19.5 Å². The number of piperidine rings is 1. The van der Waals surface area contributed by atoms with E-state index in [0.717, 1.165) is 31.7 Å². The fraction of sp³-hybridized carbons (Fsp3) is 0.647. The molecule has 1 N–H and O–H groups in total. The smallest absolute Gasteiger partial charge is 0.0239 e. The molecule has 2 heterocycles. The molecule has 19 heavy (non-hydrogen) atoms. The summed E-state index contributed by atoms with van der Waals surface area (Å²) in [5.41, 5.74) is 4.55. The summed E-state index contributed by atoms with van der Waals surface area (Å²) >= 11 is 0. The minimum atomic E-state index is 0.734. The highest BCUT2D eigenvalue weighted by Gasteiger charge is 2.24. The summed E-state index contributed by atoms with van der Waals surface area (Å²) in [5.74, 6) is 0. The van der Waals surface area contributed by atoms with E-state index >= 15 is 0 Å². The van der Waals surface area contributed by atoms with Gasteiger partial charge >= 0.3 is 0 Å². The first-order valence-corrected chi connectivity index (χ1v) is 7.81. The lowest BCUT2D eigenvalue weighted by Crippen LogP contribution is -2.43. The predicted molar refractivity (Wildman–Crippen MR) is 80.2 cm³/mol. The van der Waals surface area contributed by atoms with Crippen molar-refractivity contribution in [2.24, 2.45) is 0 Å². The highest BCUT2D eigenvalue weighted by atomic mass is 15.2. The SMILES string of the molecule is C[C@@H]1CCC[C@H](C)N1Cc1ccc2c(c1)CNCC2. The molecular weight excluding hydrogens is 232 g/mol. The number of rotatable bonds is 2. The van der Waals surface area contributed by atoms with E-state index in [2.05, 4.69) is 42.3 Å². The highest BCUT2D eigenvalue weighted by Crippen LogP contribution is 2.25. The minimum absolute atomic E-state index is 0.734. The first kappa shape index (κ1) is 13.1. The molecule has 0 aromatic heterocycles. The molecule has 0 radical (unpaired) electrons. The molecule has 2 nitrogen and oxygen atoms in total. The molecule has 0 spiro atoms. The van der Waals surface area contributed by atoms with Crippen LogP contribution in [-0.4, -0.2) is 23.5 Å². The van der Waals surface area contributed by atoms with E-state index in [-0.39, 0.29) is 0 Å². The molecule has 0 aliphatic carbocycles.